The molecule has 4 heteroatoms. The van der Waals surface area contributed by atoms with E-state index in [-0.39, 0.29) is 0 Å². The SMILES string of the molecule is COc1ccc(C(CN)N2CCC3CCCCC32)cn1. The summed E-state index contributed by atoms with van der Waals surface area (Å²) in [5, 5.41) is 0. The van der Waals surface area contributed by atoms with Gasteiger partial charge in [0.2, 0.25) is 5.88 Å². The van der Waals surface area contributed by atoms with Crippen LogP contribution in [0.4, 0.5) is 0 Å². The lowest BCUT2D eigenvalue weighted by molar-refractivity contribution is 0.135. The second-order valence-corrected chi connectivity index (χ2v) is 6.02. The fourth-order valence-electron chi connectivity index (χ4n) is 4.00. The molecule has 0 spiro atoms. The molecular weight excluding hydrogens is 250 g/mol. The van der Waals surface area contributed by atoms with Crippen LogP contribution in [-0.2, 0) is 0 Å². The molecule has 1 aromatic heterocycles. The number of rotatable bonds is 4. The molecule has 3 unspecified atom stereocenters. The number of methoxy groups -OCH3 is 1. The van der Waals surface area contributed by atoms with Gasteiger partial charge >= 0.3 is 0 Å². The van der Waals surface area contributed by atoms with Gasteiger partial charge in [-0.25, -0.2) is 4.98 Å². The molecule has 3 rings (SSSR count). The average molecular weight is 275 g/mol. The van der Waals surface area contributed by atoms with Gasteiger partial charge in [-0.05, 0) is 37.3 Å². The van der Waals surface area contributed by atoms with Gasteiger partial charge in [-0.15, -0.1) is 0 Å². The predicted molar refractivity (Wildman–Crippen MR) is 79.7 cm³/mol. The van der Waals surface area contributed by atoms with Crippen molar-refractivity contribution in [3.63, 3.8) is 0 Å². The van der Waals surface area contributed by atoms with Crippen LogP contribution in [0.3, 0.4) is 0 Å². The summed E-state index contributed by atoms with van der Waals surface area (Å²) in [6, 6.07) is 5.09. The van der Waals surface area contributed by atoms with Crippen LogP contribution in [-0.4, -0.2) is 36.1 Å². The van der Waals surface area contributed by atoms with Crippen LogP contribution in [0.5, 0.6) is 5.88 Å². The minimum atomic E-state index is 0.307. The van der Waals surface area contributed by atoms with E-state index in [4.69, 9.17) is 10.5 Å². The molecule has 2 fully saturated rings. The maximum Gasteiger partial charge on any atom is 0.212 e. The summed E-state index contributed by atoms with van der Waals surface area (Å²) in [7, 11) is 1.65. The van der Waals surface area contributed by atoms with Gasteiger partial charge in [-0.1, -0.05) is 18.9 Å². The van der Waals surface area contributed by atoms with Gasteiger partial charge in [-0.2, -0.15) is 0 Å². The summed E-state index contributed by atoms with van der Waals surface area (Å²) >= 11 is 0. The fourth-order valence-corrected chi connectivity index (χ4v) is 4.00. The molecule has 0 bridgehead atoms. The Morgan fingerprint density at radius 3 is 2.90 bits per heavy atom. The quantitative estimate of drug-likeness (QED) is 0.916. The van der Waals surface area contributed by atoms with E-state index in [1.165, 1.54) is 44.2 Å². The highest BCUT2D eigenvalue weighted by Gasteiger charge is 2.39. The summed E-state index contributed by atoms with van der Waals surface area (Å²) in [4.78, 5) is 6.97. The summed E-state index contributed by atoms with van der Waals surface area (Å²) in [6.45, 7) is 1.85. The minimum Gasteiger partial charge on any atom is -0.481 e. The van der Waals surface area contributed by atoms with Crippen LogP contribution in [0.1, 0.15) is 43.7 Å². The molecule has 1 aliphatic carbocycles. The van der Waals surface area contributed by atoms with Crippen LogP contribution in [0, 0.1) is 5.92 Å². The molecule has 2 heterocycles. The second kappa shape index (κ2) is 6.10. The monoisotopic (exact) mass is 275 g/mol. The van der Waals surface area contributed by atoms with Gasteiger partial charge in [0.05, 0.1) is 7.11 Å². The molecule has 2 N–H and O–H groups in total. The Labute approximate surface area is 121 Å². The lowest BCUT2D eigenvalue weighted by atomic mass is 9.84. The number of aromatic nitrogens is 1. The van der Waals surface area contributed by atoms with E-state index in [0.717, 1.165) is 12.0 Å². The predicted octanol–water partition coefficient (Wildman–Crippen LogP) is 2.35. The van der Waals surface area contributed by atoms with Crippen LogP contribution >= 0.6 is 0 Å². The van der Waals surface area contributed by atoms with Crippen molar-refractivity contribution in [1.82, 2.24) is 9.88 Å². The molecule has 0 radical (unpaired) electrons. The Hall–Kier alpha value is -1.13. The Balaban J connectivity index is 1.78. The van der Waals surface area contributed by atoms with Crippen molar-refractivity contribution in [3.8, 4) is 5.88 Å². The van der Waals surface area contributed by atoms with Crippen molar-refractivity contribution in [3.05, 3.63) is 23.9 Å². The molecule has 1 saturated carbocycles. The summed E-state index contributed by atoms with van der Waals surface area (Å²) < 4.78 is 5.14. The van der Waals surface area contributed by atoms with Crippen molar-refractivity contribution in [2.75, 3.05) is 20.2 Å². The third kappa shape index (κ3) is 2.54. The first-order valence-electron chi connectivity index (χ1n) is 7.79. The molecule has 20 heavy (non-hydrogen) atoms. The number of pyridine rings is 1. The first kappa shape index (κ1) is 13.8. The highest BCUT2D eigenvalue weighted by Crippen LogP contribution is 2.40. The second-order valence-electron chi connectivity index (χ2n) is 6.02. The van der Waals surface area contributed by atoms with E-state index < -0.39 is 0 Å². The van der Waals surface area contributed by atoms with E-state index in [9.17, 15) is 0 Å². The Morgan fingerprint density at radius 1 is 1.35 bits per heavy atom. The first-order valence-corrected chi connectivity index (χ1v) is 7.79. The number of likely N-dealkylation sites (tertiary alicyclic amines) is 1. The van der Waals surface area contributed by atoms with E-state index in [2.05, 4.69) is 16.0 Å². The summed E-state index contributed by atoms with van der Waals surface area (Å²) in [5.41, 5.74) is 7.30. The van der Waals surface area contributed by atoms with Crippen LogP contribution in [0.2, 0.25) is 0 Å². The van der Waals surface area contributed by atoms with Gasteiger partial charge in [0, 0.05) is 30.9 Å². The molecule has 1 aromatic rings. The topological polar surface area (TPSA) is 51.4 Å². The zero-order valence-electron chi connectivity index (χ0n) is 12.3. The summed E-state index contributed by atoms with van der Waals surface area (Å²) in [6.07, 6.45) is 8.78. The summed E-state index contributed by atoms with van der Waals surface area (Å²) in [5.74, 6) is 1.56. The van der Waals surface area contributed by atoms with E-state index in [1.54, 1.807) is 7.11 Å². The molecule has 3 atom stereocenters. The van der Waals surface area contributed by atoms with Crippen molar-refractivity contribution >= 4 is 0 Å². The maximum absolute atomic E-state index is 6.08. The van der Waals surface area contributed by atoms with Crippen LogP contribution in [0.25, 0.3) is 0 Å². The van der Waals surface area contributed by atoms with Gasteiger partial charge in [-0.3, -0.25) is 4.90 Å². The maximum atomic E-state index is 6.08. The number of nitrogens with zero attached hydrogens (tertiary/aromatic N) is 2. The van der Waals surface area contributed by atoms with Gasteiger partial charge in [0.25, 0.3) is 0 Å². The van der Waals surface area contributed by atoms with Crippen molar-refractivity contribution in [1.29, 1.82) is 0 Å². The highest BCUT2D eigenvalue weighted by molar-refractivity contribution is 5.22. The van der Waals surface area contributed by atoms with E-state index in [1.807, 2.05) is 12.3 Å². The number of hydrogen-bond acceptors (Lipinski definition) is 4. The fraction of sp³-hybridized carbons (Fsp3) is 0.688. The molecule has 0 aromatic carbocycles. The smallest absolute Gasteiger partial charge is 0.212 e. The Kier molecular flexibility index (Phi) is 4.22. The normalized spacial score (nSPS) is 28.1. The number of nitrogens with two attached hydrogens (primary N) is 1. The van der Waals surface area contributed by atoms with Crippen LogP contribution in [0.15, 0.2) is 18.3 Å². The molecular formula is C16H25N3O. The van der Waals surface area contributed by atoms with E-state index in [0.29, 0.717) is 18.5 Å². The molecule has 4 nitrogen and oxygen atoms in total. The zero-order chi connectivity index (χ0) is 13.9. The Bertz CT molecular complexity index is 434. The minimum absolute atomic E-state index is 0.307. The molecule has 110 valence electrons. The molecule has 0 amide bonds. The van der Waals surface area contributed by atoms with Crippen LogP contribution < -0.4 is 10.5 Å². The number of hydrogen-bond donors (Lipinski definition) is 1. The zero-order valence-corrected chi connectivity index (χ0v) is 12.3. The molecule has 2 aliphatic rings. The highest BCUT2D eigenvalue weighted by atomic mass is 16.5. The van der Waals surface area contributed by atoms with Crippen molar-refractivity contribution in [2.45, 2.75) is 44.2 Å². The van der Waals surface area contributed by atoms with E-state index >= 15 is 0 Å². The number of ether oxygens (including phenoxy) is 1. The third-order valence-electron chi connectivity index (χ3n) is 5.03. The molecule has 1 aliphatic heterocycles. The lowest BCUT2D eigenvalue weighted by Gasteiger charge is -2.36. The number of fused-ring (bicyclic) bond motifs is 1. The van der Waals surface area contributed by atoms with Gasteiger partial charge in [0.15, 0.2) is 0 Å². The standard InChI is InChI=1S/C16H25N3O/c1-20-16-7-6-13(11-18-16)15(10-17)19-9-8-12-4-2-3-5-14(12)19/h6-7,11-12,14-15H,2-5,8-10,17H2,1H3. The average Bonchev–Trinajstić information content (AvgIpc) is 2.93. The van der Waals surface area contributed by atoms with Crippen molar-refractivity contribution < 1.29 is 4.74 Å². The first-order chi connectivity index (χ1) is 9.83. The van der Waals surface area contributed by atoms with Crippen molar-refractivity contribution in [2.24, 2.45) is 11.7 Å². The van der Waals surface area contributed by atoms with Gasteiger partial charge in [0.1, 0.15) is 0 Å². The molecule has 1 saturated heterocycles. The lowest BCUT2D eigenvalue weighted by Crippen LogP contribution is -2.40. The third-order valence-corrected chi connectivity index (χ3v) is 5.03. The Morgan fingerprint density at radius 2 is 2.20 bits per heavy atom. The van der Waals surface area contributed by atoms with Gasteiger partial charge < -0.3 is 10.5 Å². The largest absolute Gasteiger partial charge is 0.481 e.